The smallest absolute Gasteiger partial charge is 0.306 e. The van der Waals surface area contributed by atoms with E-state index in [0.717, 1.165) is 96.3 Å². The van der Waals surface area contributed by atoms with Crippen molar-refractivity contribution in [2.45, 2.75) is 367 Å². The molecule has 0 aliphatic heterocycles. The largest absolute Gasteiger partial charge is 0.462 e. The summed E-state index contributed by atoms with van der Waals surface area (Å²) in [6, 6.07) is 0. The van der Waals surface area contributed by atoms with Crippen LogP contribution < -0.4 is 0 Å². The van der Waals surface area contributed by atoms with Crippen molar-refractivity contribution < 1.29 is 28.6 Å². The zero-order chi connectivity index (χ0) is 56.4. The van der Waals surface area contributed by atoms with Crippen molar-refractivity contribution in [2.75, 3.05) is 13.2 Å². The van der Waals surface area contributed by atoms with Gasteiger partial charge in [-0.3, -0.25) is 14.4 Å². The predicted molar refractivity (Wildman–Crippen MR) is 339 cm³/mol. The van der Waals surface area contributed by atoms with Crippen molar-refractivity contribution >= 4 is 17.9 Å². The molecule has 1 atom stereocenters. The van der Waals surface area contributed by atoms with Crippen LogP contribution in [0.3, 0.4) is 0 Å². The lowest BCUT2D eigenvalue weighted by Gasteiger charge is -2.18. The molecule has 0 saturated heterocycles. The third-order valence-corrected chi connectivity index (χ3v) is 15.3. The van der Waals surface area contributed by atoms with Crippen LogP contribution in [0.4, 0.5) is 0 Å². The normalized spacial score (nSPS) is 12.4. The van der Waals surface area contributed by atoms with Crippen LogP contribution >= 0.6 is 0 Å². The first-order valence-corrected chi connectivity index (χ1v) is 34.3. The van der Waals surface area contributed by atoms with E-state index in [-0.39, 0.29) is 31.1 Å². The molecule has 0 aromatic carbocycles. The number of carbonyl (C=O) groups excluding carboxylic acids is 3. The highest BCUT2D eigenvalue weighted by atomic mass is 16.6. The highest BCUT2D eigenvalue weighted by Gasteiger charge is 2.19. The Labute approximate surface area is 485 Å². The molecular weight excluding hydrogens is 961 g/mol. The summed E-state index contributed by atoms with van der Waals surface area (Å²) in [5.41, 5.74) is 0. The van der Waals surface area contributed by atoms with Gasteiger partial charge in [0.25, 0.3) is 0 Å². The average Bonchev–Trinajstić information content (AvgIpc) is 3.44. The van der Waals surface area contributed by atoms with E-state index in [1.807, 2.05) is 0 Å². The summed E-state index contributed by atoms with van der Waals surface area (Å²) < 4.78 is 16.9. The summed E-state index contributed by atoms with van der Waals surface area (Å²) in [5, 5.41) is 0. The fourth-order valence-electron chi connectivity index (χ4n) is 10.1. The maximum atomic E-state index is 12.9. The van der Waals surface area contributed by atoms with Gasteiger partial charge in [0.1, 0.15) is 13.2 Å². The molecule has 0 fully saturated rings. The minimum Gasteiger partial charge on any atom is -0.462 e. The summed E-state index contributed by atoms with van der Waals surface area (Å²) in [6.45, 7) is 6.54. The minimum absolute atomic E-state index is 0.0801. The topological polar surface area (TPSA) is 78.9 Å². The number of rotatable bonds is 63. The third kappa shape index (κ3) is 63.9. The zero-order valence-corrected chi connectivity index (χ0v) is 52.2. The van der Waals surface area contributed by atoms with Crippen LogP contribution in [0.25, 0.3) is 0 Å². The van der Waals surface area contributed by atoms with Gasteiger partial charge in [0.2, 0.25) is 0 Å². The first kappa shape index (κ1) is 75.1. The van der Waals surface area contributed by atoms with E-state index in [0.29, 0.717) is 19.3 Å². The highest BCUT2D eigenvalue weighted by Crippen LogP contribution is 2.18. The first-order valence-electron chi connectivity index (χ1n) is 34.3. The Kier molecular flexibility index (Phi) is 64.2. The summed E-state index contributed by atoms with van der Waals surface area (Å²) in [6.07, 6.45) is 85.6. The molecule has 0 amide bonds. The molecule has 0 saturated carbocycles. The van der Waals surface area contributed by atoms with Gasteiger partial charge in [0, 0.05) is 19.3 Å². The molecule has 0 aromatic heterocycles. The van der Waals surface area contributed by atoms with Crippen molar-refractivity contribution in [2.24, 2.45) is 0 Å². The van der Waals surface area contributed by atoms with Crippen LogP contribution in [0.2, 0.25) is 0 Å². The highest BCUT2D eigenvalue weighted by molar-refractivity contribution is 5.71. The molecule has 0 radical (unpaired) electrons. The molecule has 6 nitrogen and oxygen atoms in total. The lowest BCUT2D eigenvalue weighted by atomic mass is 10.0. The van der Waals surface area contributed by atoms with E-state index in [9.17, 15) is 14.4 Å². The Morgan fingerprint density at radius 2 is 0.500 bits per heavy atom. The van der Waals surface area contributed by atoms with E-state index in [1.54, 1.807) is 0 Å². The van der Waals surface area contributed by atoms with Gasteiger partial charge in [-0.15, -0.1) is 0 Å². The number of carbonyl (C=O) groups is 3. The molecule has 454 valence electrons. The fraction of sp³-hybridized carbons (Fsp3) is 0.819. The maximum absolute atomic E-state index is 12.9. The van der Waals surface area contributed by atoms with Gasteiger partial charge >= 0.3 is 17.9 Å². The Hall–Kier alpha value is -2.89. The Balaban J connectivity index is 4.07. The molecule has 78 heavy (non-hydrogen) atoms. The molecule has 1 unspecified atom stereocenters. The van der Waals surface area contributed by atoms with Crippen molar-refractivity contribution in [3.8, 4) is 0 Å². The number of esters is 3. The van der Waals surface area contributed by atoms with Gasteiger partial charge in [0.05, 0.1) is 0 Å². The van der Waals surface area contributed by atoms with Crippen LogP contribution in [0.5, 0.6) is 0 Å². The quantitative estimate of drug-likeness (QED) is 0.0261. The van der Waals surface area contributed by atoms with Crippen molar-refractivity contribution in [1.82, 2.24) is 0 Å². The van der Waals surface area contributed by atoms with Crippen molar-refractivity contribution in [1.29, 1.82) is 0 Å². The predicted octanol–water partition coefficient (Wildman–Crippen LogP) is 23.5. The second-order valence-electron chi connectivity index (χ2n) is 23.1. The average molecular weight is 1090 g/mol. The molecule has 0 bridgehead atoms. The molecule has 0 heterocycles. The summed E-state index contributed by atoms with van der Waals surface area (Å²) in [5.74, 6) is -0.887. The zero-order valence-electron chi connectivity index (χ0n) is 52.2. The molecule has 6 heteroatoms. The van der Waals surface area contributed by atoms with E-state index >= 15 is 0 Å². The van der Waals surface area contributed by atoms with Crippen LogP contribution in [-0.4, -0.2) is 37.2 Å². The third-order valence-electron chi connectivity index (χ3n) is 15.3. The number of allylic oxidation sites excluding steroid dienone is 10. The van der Waals surface area contributed by atoms with Crippen LogP contribution in [-0.2, 0) is 28.6 Å². The summed E-state index contributed by atoms with van der Waals surface area (Å²) in [7, 11) is 0. The van der Waals surface area contributed by atoms with Crippen LogP contribution in [0, 0.1) is 0 Å². The second kappa shape index (κ2) is 66.6. The fourth-order valence-corrected chi connectivity index (χ4v) is 10.1. The second-order valence-corrected chi connectivity index (χ2v) is 23.1. The molecule has 0 aliphatic carbocycles. The lowest BCUT2D eigenvalue weighted by Crippen LogP contribution is -2.30. The van der Waals surface area contributed by atoms with Gasteiger partial charge in [-0.05, 0) is 83.5 Å². The Morgan fingerprint density at radius 1 is 0.269 bits per heavy atom. The molecule has 0 rings (SSSR count). The van der Waals surface area contributed by atoms with E-state index in [1.165, 1.54) is 225 Å². The van der Waals surface area contributed by atoms with E-state index < -0.39 is 6.10 Å². The Bertz CT molecular complexity index is 1390. The van der Waals surface area contributed by atoms with Gasteiger partial charge < -0.3 is 14.2 Å². The van der Waals surface area contributed by atoms with Crippen molar-refractivity contribution in [3.63, 3.8) is 0 Å². The maximum Gasteiger partial charge on any atom is 0.306 e. The molecule has 0 N–H and O–H groups in total. The minimum atomic E-state index is -0.784. The number of unbranched alkanes of at least 4 members (excludes halogenated alkanes) is 42. The standard InChI is InChI=1S/C72H130O6/c1-4-7-10-13-16-19-22-24-26-28-29-30-31-32-33-34-35-36-37-38-39-40-41-42-43-45-46-48-50-53-56-59-62-65-71(74)77-68-69(67-76-70(73)64-61-58-55-52-21-18-15-12-9-6-3)78-72(75)66-63-60-57-54-51-49-47-44-27-25-23-20-17-14-11-8-5-2/h8,11,17,20,25,27-29,47,49,69H,4-7,9-10,12-16,18-19,21-24,26,30-46,48,50-68H2,1-3H3/b11-8-,20-17-,27-25-,29-28-,49-47-. The van der Waals surface area contributed by atoms with E-state index in [4.69, 9.17) is 14.2 Å². The molecule has 0 aromatic rings. The van der Waals surface area contributed by atoms with Crippen LogP contribution in [0.15, 0.2) is 60.8 Å². The van der Waals surface area contributed by atoms with Gasteiger partial charge in [-0.2, -0.15) is 0 Å². The molecule has 0 spiro atoms. The first-order chi connectivity index (χ1) is 38.5. The lowest BCUT2D eigenvalue weighted by molar-refractivity contribution is -0.167. The molecular formula is C72H130O6. The monoisotopic (exact) mass is 1090 g/mol. The summed E-state index contributed by atoms with van der Waals surface area (Å²) >= 11 is 0. The van der Waals surface area contributed by atoms with E-state index in [2.05, 4.69) is 81.5 Å². The SMILES string of the molecule is CC/C=C\C/C=C\C/C=C\C/C=C\CCCCCCC(=O)OC(COC(=O)CCCCCCCCCCCC)COC(=O)CCCCCCCCCCCCCCCCCCCCCCC/C=C\CCCCCCCCCC. The number of hydrogen-bond acceptors (Lipinski definition) is 6. The Morgan fingerprint density at radius 3 is 0.795 bits per heavy atom. The van der Waals surface area contributed by atoms with Gasteiger partial charge in [-0.1, -0.05) is 319 Å². The summed E-state index contributed by atoms with van der Waals surface area (Å²) in [4.78, 5) is 38.2. The van der Waals surface area contributed by atoms with Crippen molar-refractivity contribution in [3.05, 3.63) is 60.8 Å². The van der Waals surface area contributed by atoms with Crippen LogP contribution in [0.1, 0.15) is 361 Å². The van der Waals surface area contributed by atoms with Gasteiger partial charge in [-0.25, -0.2) is 0 Å². The number of hydrogen-bond donors (Lipinski definition) is 0. The number of ether oxygens (including phenoxy) is 3. The molecule has 0 aliphatic rings. The van der Waals surface area contributed by atoms with Gasteiger partial charge in [0.15, 0.2) is 6.10 Å².